The molecule has 30 heavy (non-hydrogen) atoms. The Morgan fingerprint density at radius 2 is 1.80 bits per heavy atom. The Hall–Kier alpha value is -2.81. The van der Waals surface area contributed by atoms with Gasteiger partial charge < -0.3 is 4.74 Å². The van der Waals surface area contributed by atoms with E-state index in [1.807, 2.05) is 30.3 Å². The maximum atomic E-state index is 14.1. The van der Waals surface area contributed by atoms with Crippen LogP contribution in [0.25, 0.3) is 0 Å². The van der Waals surface area contributed by atoms with Crippen molar-refractivity contribution in [2.75, 3.05) is 13.4 Å². The highest BCUT2D eigenvalue weighted by Crippen LogP contribution is 2.30. The summed E-state index contributed by atoms with van der Waals surface area (Å²) in [6, 6.07) is 14.3. The van der Waals surface area contributed by atoms with Gasteiger partial charge in [-0.2, -0.15) is 4.21 Å². The van der Waals surface area contributed by atoms with E-state index in [4.69, 9.17) is 20.5 Å². The number of methoxy groups -OCH3 is 1. The summed E-state index contributed by atoms with van der Waals surface area (Å²) in [6.45, 7) is -0.0238. The van der Waals surface area contributed by atoms with Crippen molar-refractivity contribution in [1.29, 1.82) is 0 Å². The zero-order valence-corrected chi connectivity index (χ0v) is 18.2. The van der Waals surface area contributed by atoms with Crippen molar-refractivity contribution >= 4 is 27.0 Å². The standard InChI is InChI=1S/C21H22ClN3O4S/c1-28-20-9-8-17(10-19(20)22)13-29-30(2,27,14-16-6-4-3-5-7-16)25-21(26)18-11-23-15-24-12-18/h3-12,15H,13-14H2,1-2H3,(H,25,26,27). The monoisotopic (exact) mass is 447 g/mol. The molecule has 0 fully saturated rings. The maximum Gasteiger partial charge on any atom is 0.271 e. The van der Waals surface area contributed by atoms with E-state index in [9.17, 15) is 9.00 Å². The Kier molecular flexibility index (Phi) is 6.50. The number of hydrogen-bond donors (Lipinski definition) is 1. The molecular weight excluding hydrogens is 426 g/mol. The van der Waals surface area contributed by atoms with Crippen LogP contribution in [0.1, 0.15) is 21.5 Å². The zero-order chi connectivity index (χ0) is 21.6. The Morgan fingerprint density at radius 1 is 1.10 bits per heavy atom. The molecule has 0 saturated carbocycles. The fourth-order valence-electron chi connectivity index (χ4n) is 2.80. The van der Waals surface area contributed by atoms with E-state index in [0.29, 0.717) is 16.3 Å². The topological polar surface area (TPSA) is 90.4 Å². The normalized spacial score (nSPS) is 12.6. The van der Waals surface area contributed by atoms with Crippen LogP contribution in [-0.4, -0.2) is 33.4 Å². The molecule has 7 nitrogen and oxygen atoms in total. The molecule has 2 aromatic carbocycles. The van der Waals surface area contributed by atoms with Gasteiger partial charge in [-0.25, -0.2) is 9.97 Å². The van der Waals surface area contributed by atoms with Gasteiger partial charge in [-0.3, -0.25) is 13.7 Å². The molecule has 0 atom stereocenters. The summed E-state index contributed by atoms with van der Waals surface area (Å²) in [5.41, 5.74) is 1.63. The SMILES string of the molecule is COc1ccc(COS(C)(=O)(Cc2ccccc2)NC(=O)c2cncnc2)cc1Cl. The number of carbonyl (C=O) groups excluding carboxylic acids is 1. The summed E-state index contributed by atoms with van der Waals surface area (Å²) in [7, 11) is -2.61. The molecule has 3 rings (SSSR count). The van der Waals surface area contributed by atoms with Gasteiger partial charge in [0.05, 0.1) is 30.1 Å². The Bertz CT molecular complexity index is 1100. The molecule has 0 aliphatic rings. The Morgan fingerprint density at radius 3 is 2.43 bits per heavy atom. The van der Waals surface area contributed by atoms with E-state index in [2.05, 4.69) is 14.7 Å². The second-order valence-corrected chi connectivity index (χ2v) is 10.9. The third-order valence-corrected chi connectivity index (χ3v) is 7.00. The van der Waals surface area contributed by atoms with E-state index in [-0.39, 0.29) is 17.9 Å². The van der Waals surface area contributed by atoms with Crippen molar-refractivity contribution < 1.29 is 17.9 Å². The fourth-order valence-corrected chi connectivity index (χ4v) is 5.29. The van der Waals surface area contributed by atoms with Crippen LogP contribution in [0.4, 0.5) is 0 Å². The second-order valence-electron chi connectivity index (χ2n) is 6.86. The molecule has 1 aromatic heterocycles. The molecule has 0 unspecified atom stereocenters. The van der Waals surface area contributed by atoms with E-state index in [1.54, 1.807) is 18.2 Å². The summed E-state index contributed by atoms with van der Waals surface area (Å²) in [6.07, 6.45) is 5.42. The number of rotatable bonds is 8. The first-order valence-electron chi connectivity index (χ1n) is 8.99. The third-order valence-electron chi connectivity index (χ3n) is 4.27. The van der Waals surface area contributed by atoms with Crippen molar-refractivity contribution in [2.45, 2.75) is 12.4 Å². The molecule has 158 valence electrons. The number of amides is 1. The van der Waals surface area contributed by atoms with Crippen LogP contribution < -0.4 is 9.46 Å². The van der Waals surface area contributed by atoms with Crippen molar-refractivity contribution in [3.63, 3.8) is 0 Å². The predicted octanol–water partition coefficient (Wildman–Crippen LogP) is 3.57. The van der Waals surface area contributed by atoms with Gasteiger partial charge in [-0.1, -0.05) is 48.0 Å². The summed E-state index contributed by atoms with van der Waals surface area (Å²) >= 11 is 6.17. The van der Waals surface area contributed by atoms with Gasteiger partial charge in [0.25, 0.3) is 5.91 Å². The van der Waals surface area contributed by atoms with Crippen molar-refractivity contribution in [3.8, 4) is 5.75 Å². The number of benzene rings is 2. The molecule has 1 N–H and O–H groups in total. The number of aromatic nitrogens is 2. The highest BCUT2D eigenvalue weighted by molar-refractivity contribution is 8.13. The average Bonchev–Trinajstić information content (AvgIpc) is 2.73. The van der Waals surface area contributed by atoms with Gasteiger partial charge in [0.2, 0.25) is 0 Å². The Labute approximate surface area is 180 Å². The summed E-state index contributed by atoms with van der Waals surface area (Å²) in [4.78, 5) is 20.4. The number of ether oxygens (including phenoxy) is 1. The van der Waals surface area contributed by atoms with Gasteiger partial charge >= 0.3 is 0 Å². The molecular formula is C21H22ClN3O4S. The van der Waals surface area contributed by atoms with E-state index >= 15 is 0 Å². The zero-order valence-electron chi connectivity index (χ0n) is 16.6. The van der Waals surface area contributed by atoms with Gasteiger partial charge in [-0.15, -0.1) is 9.53 Å². The van der Waals surface area contributed by atoms with Crippen LogP contribution in [0.3, 0.4) is 0 Å². The van der Waals surface area contributed by atoms with Crippen molar-refractivity contribution in [1.82, 2.24) is 14.7 Å². The van der Waals surface area contributed by atoms with Crippen LogP contribution in [0, 0.1) is 0 Å². The first-order chi connectivity index (χ1) is 14.3. The lowest BCUT2D eigenvalue weighted by molar-refractivity contribution is 0.0974. The van der Waals surface area contributed by atoms with E-state index in [1.165, 1.54) is 32.1 Å². The molecule has 0 aliphatic carbocycles. The van der Waals surface area contributed by atoms with E-state index in [0.717, 1.165) is 5.56 Å². The first-order valence-corrected chi connectivity index (χ1v) is 11.8. The van der Waals surface area contributed by atoms with Crippen LogP contribution in [0.15, 0.2) is 67.3 Å². The number of halogens is 1. The lowest BCUT2D eigenvalue weighted by Crippen LogP contribution is -2.52. The highest BCUT2D eigenvalue weighted by atomic mass is 35.5. The minimum absolute atomic E-state index is 0.00135. The van der Waals surface area contributed by atoms with Crippen molar-refractivity contribution in [2.24, 2.45) is 0 Å². The Balaban J connectivity index is 1.87. The summed E-state index contributed by atoms with van der Waals surface area (Å²) in [5, 5.41) is 0.409. The van der Waals surface area contributed by atoms with Crippen LogP contribution in [0.2, 0.25) is 5.02 Å². The van der Waals surface area contributed by atoms with Crippen molar-refractivity contribution in [3.05, 3.63) is 89.0 Å². The molecule has 0 saturated heterocycles. The number of carbonyl (C=O) groups is 1. The van der Waals surface area contributed by atoms with Crippen LogP contribution in [0.5, 0.6) is 5.75 Å². The fraction of sp³-hybridized carbons (Fsp3) is 0.190. The molecule has 0 radical (unpaired) electrons. The number of nitrogens with zero attached hydrogens (tertiary/aromatic N) is 2. The largest absolute Gasteiger partial charge is 0.495 e. The molecule has 9 heteroatoms. The van der Waals surface area contributed by atoms with E-state index < -0.39 is 15.4 Å². The van der Waals surface area contributed by atoms with Gasteiger partial charge in [0.1, 0.15) is 12.1 Å². The quantitative estimate of drug-likeness (QED) is 0.567. The first kappa shape index (κ1) is 21.9. The molecule has 0 bridgehead atoms. The highest BCUT2D eigenvalue weighted by Gasteiger charge is 2.29. The summed E-state index contributed by atoms with van der Waals surface area (Å²) < 4.78 is 27.7. The predicted molar refractivity (Wildman–Crippen MR) is 117 cm³/mol. The second kappa shape index (κ2) is 8.91. The van der Waals surface area contributed by atoms with Crippen LogP contribution >= 0.6 is 11.6 Å². The smallest absolute Gasteiger partial charge is 0.271 e. The third kappa shape index (κ3) is 5.63. The number of hydrogen-bond acceptors (Lipinski definition) is 6. The number of nitrogens with one attached hydrogen (secondary N) is 1. The summed E-state index contributed by atoms with van der Waals surface area (Å²) in [5.74, 6) is -0.0588. The van der Waals surface area contributed by atoms with Gasteiger partial charge in [0, 0.05) is 18.6 Å². The maximum absolute atomic E-state index is 14.1. The lowest BCUT2D eigenvalue weighted by atomic mass is 10.2. The van der Waals surface area contributed by atoms with Crippen LogP contribution in [-0.2, 0) is 26.1 Å². The van der Waals surface area contributed by atoms with Gasteiger partial charge in [0.15, 0.2) is 0 Å². The molecule has 1 heterocycles. The van der Waals surface area contributed by atoms with Gasteiger partial charge in [-0.05, 0) is 23.3 Å². The molecule has 0 spiro atoms. The lowest BCUT2D eigenvalue weighted by Gasteiger charge is -2.44. The minimum atomic E-state index is -4.13. The molecule has 0 aliphatic heterocycles. The minimum Gasteiger partial charge on any atom is -0.495 e. The average molecular weight is 448 g/mol. The molecule has 3 aromatic rings. The molecule has 1 amide bonds.